The number of phenolic OH excluding ortho intramolecular Hbond substituents is 1. The second-order valence-electron chi connectivity index (χ2n) is 12.9. The first-order chi connectivity index (χ1) is 26.7. The maximum atomic E-state index is 13.0. The van der Waals surface area contributed by atoms with Gasteiger partial charge >= 0.3 is 23.9 Å². The number of fused-ring (bicyclic) bond motifs is 3. The minimum atomic E-state index is -0.754. The SMILES string of the molecule is O=C(Oc1ccc(C(=O)O[C@@H]2COC3C2OC[C@H]3OC(=O)c2ccc(OC(=O)c3ccc4cc(OO)ccc4c3)cc2)cc1)c1ccc2cc(O)ccc2c1. The Morgan fingerprint density at radius 1 is 0.473 bits per heavy atom. The van der Waals surface area contributed by atoms with Crippen LogP contribution in [0.2, 0.25) is 0 Å². The zero-order valence-electron chi connectivity index (χ0n) is 28.7. The first-order valence-electron chi connectivity index (χ1n) is 17.1. The number of carbonyl (C=O) groups excluding carboxylic acids is 4. The molecule has 0 aromatic heterocycles. The maximum absolute atomic E-state index is 13.0. The summed E-state index contributed by atoms with van der Waals surface area (Å²) >= 11 is 0. The summed E-state index contributed by atoms with van der Waals surface area (Å²) in [5.74, 6) is -1.61. The molecule has 276 valence electrons. The van der Waals surface area contributed by atoms with Crippen molar-refractivity contribution in [1.82, 2.24) is 0 Å². The second-order valence-corrected chi connectivity index (χ2v) is 12.9. The van der Waals surface area contributed by atoms with E-state index in [9.17, 15) is 24.3 Å². The molecule has 0 spiro atoms. The van der Waals surface area contributed by atoms with E-state index in [0.29, 0.717) is 11.1 Å². The van der Waals surface area contributed by atoms with E-state index < -0.39 is 48.3 Å². The van der Waals surface area contributed by atoms with Crippen LogP contribution in [0.25, 0.3) is 21.5 Å². The molecule has 2 fully saturated rings. The Balaban J connectivity index is 0.818. The van der Waals surface area contributed by atoms with E-state index in [1.807, 2.05) is 0 Å². The van der Waals surface area contributed by atoms with Gasteiger partial charge in [0.2, 0.25) is 0 Å². The van der Waals surface area contributed by atoms with Crippen LogP contribution in [-0.4, -0.2) is 71.9 Å². The molecule has 0 aliphatic carbocycles. The van der Waals surface area contributed by atoms with Crippen LogP contribution in [0.15, 0.2) is 121 Å². The molecule has 8 rings (SSSR count). The Kier molecular flexibility index (Phi) is 9.55. The van der Waals surface area contributed by atoms with Crippen LogP contribution >= 0.6 is 0 Å². The molecule has 0 saturated carbocycles. The fraction of sp³-hybridized carbons (Fsp3) is 0.143. The Labute approximate surface area is 312 Å². The molecular formula is C42H30O13. The van der Waals surface area contributed by atoms with E-state index in [4.69, 9.17) is 33.7 Å². The van der Waals surface area contributed by atoms with Crippen molar-refractivity contribution in [2.24, 2.45) is 0 Å². The third-order valence-corrected chi connectivity index (χ3v) is 9.29. The van der Waals surface area contributed by atoms with Crippen molar-refractivity contribution in [2.75, 3.05) is 13.2 Å². The van der Waals surface area contributed by atoms with Gasteiger partial charge in [-0.1, -0.05) is 24.3 Å². The van der Waals surface area contributed by atoms with Gasteiger partial charge in [-0.2, -0.15) is 0 Å². The lowest BCUT2D eigenvalue weighted by molar-refractivity contribution is -0.137. The van der Waals surface area contributed by atoms with Gasteiger partial charge in [0.15, 0.2) is 18.0 Å². The molecule has 2 N–H and O–H groups in total. The van der Waals surface area contributed by atoms with Crippen molar-refractivity contribution in [2.45, 2.75) is 24.4 Å². The van der Waals surface area contributed by atoms with Crippen LogP contribution in [0.3, 0.4) is 0 Å². The van der Waals surface area contributed by atoms with E-state index in [1.165, 1.54) is 54.6 Å². The highest BCUT2D eigenvalue weighted by Crippen LogP contribution is 2.32. The zero-order chi connectivity index (χ0) is 38.1. The minimum absolute atomic E-state index is 0.0324. The summed E-state index contributed by atoms with van der Waals surface area (Å²) in [6.07, 6.45) is -2.82. The summed E-state index contributed by atoms with van der Waals surface area (Å²) in [4.78, 5) is 55.8. The van der Waals surface area contributed by atoms with E-state index >= 15 is 0 Å². The summed E-state index contributed by atoms with van der Waals surface area (Å²) < 4.78 is 34.0. The van der Waals surface area contributed by atoms with Crippen molar-refractivity contribution in [1.29, 1.82) is 0 Å². The van der Waals surface area contributed by atoms with Gasteiger partial charge < -0.3 is 38.4 Å². The average molecular weight is 743 g/mol. The van der Waals surface area contributed by atoms with Crippen LogP contribution in [-0.2, 0) is 18.9 Å². The van der Waals surface area contributed by atoms with E-state index in [-0.39, 0.29) is 47.3 Å². The normalized spacial score (nSPS) is 18.7. The fourth-order valence-electron chi connectivity index (χ4n) is 6.46. The minimum Gasteiger partial charge on any atom is -0.508 e. The molecule has 0 radical (unpaired) electrons. The number of benzene rings is 6. The lowest BCUT2D eigenvalue weighted by atomic mass is 10.1. The van der Waals surface area contributed by atoms with Gasteiger partial charge in [-0.15, -0.1) is 0 Å². The standard InChI is InChI=1S/C42H30O13/c43-31-11-5-25-17-29(3-1-27(25)19-31)41(46)51-32-12-6-23(7-13-32)39(44)53-35-21-49-38-36(22-50-37(35)38)54-40(45)24-8-14-33(15-9-24)52-42(47)30-4-2-28-20-34(55-48)16-10-26(28)18-30/h1-20,35-38,43,48H,21-22H2/t35-,36-,37?,38?/m1/s1. The first-order valence-corrected chi connectivity index (χ1v) is 17.1. The van der Waals surface area contributed by atoms with E-state index in [2.05, 4.69) is 4.89 Å². The van der Waals surface area contributed by atoms with Crippen LogP contribution in [0.4, 0.5) is 0 Å². The Hall–Kier alpha value is -6.80. The lowest BCUT2D eigenvalue weighted by Gasteiger charge is -2.17. The van der Waals surface area contributed by atoms with Gasteiger partial charge in [0.05, 0.1) is 35.5 Å². The van der Waals surface area contributed by atoms with Gasteiger partial charge in [-0.3, -0.25) is 0 Å². The van der Waals surface area contributed by atoms with Gasteiger partial charge in [0, 0.05) is 0 Å². The number of rotatable bonds is 9. The maximum Gasteiger partial charge on any atom is 0.343 e. The average Bonchev–Trinajstić information content (AvgIpc) is 3.80. The van der Waals surface area contributed by atoms with Crippen molar-refractivity contribution in [3.8, 4) is 23.0 Å². The third kappa shape index (κ3) is 7.53. The third-order valence-electron chi connectivity index (χ3n) is 9.29. The Morgan fingerprint density at radius 2 is 0.873 bits per heavy atom. The van der Waals surface area contributed by atoms with Gasteiger partial charge in [0.25, 0.3) is 0 Å². The number of aromatic hydroxyl groups is 1. The predicted octanol–water partition coefficient (Wildman–Crippen LogP) is 6.54. The van der Waals surface area contributed by atoms with Crippen molar-refractivity contribution in [3.63, 3.8) is 0 Å². The summed E-state index contributed by atoms with van der Waals surface area (Å²) in [5, 5.41) is 21.6. The number of carbonyl (C=O) groups is 4. The summed E-state index contributed by atoms with van der Waals surface area (Å²) in [6.45, 7) is 0.0657. The van der Waals surface area contributed by atoms with Crippen LogP contribution in [0.1, 0.15) is 41.4 Å². The number of phenols is 1. The number of ether oxygens (including phenoxy) is 6. The molecule has 13 nitrogen and oxygen atoms in total. The van der Waals surface area contributed by atoms with Gasteiger partial charge in [-0.05, 0) is 119 Å². The van der Waals surface area contributed by atoms with Crippen LogP contribution in [0.5, 0.6) is 23.0 Å². The predicted molar refractivity (Wildman–Crippen MR) is 194 cm³/mol. The largest absolute Gasteiger partial charge is 0.508 e. The fourth-order valence-corrected chi connectivity index (χ4v) is 6.46. The molecule has 2 heterocycles. The Bertz CT molecular complexity index is 2440. The highest BCUT2D eigenvalue weighted by molar-refractivity contribution is 5.98. The quantitative estimate of drug-likeness (QED) is 0.0709. The monoisotopic (exact) mass is 742 g/mol. The van der Waals surface area contributed by atoms with Crippen molar-refractivity contribution >= 4 is 45.4 Å². The molecule has 2 saturated heterocycles. The van der Waals surface area contributed by atoms with Gasteiger partial charge in [0.1, 0.15) is 29.5 Å². The molecular weight excluding hydrogens is 712 g/mol. The topological polar surface area (TPSA) is 173 Å². The zero-order valence-corrected chi connectivity index (χ0v) is 28.7. The lowest BCUT2D eigenvalue weighted by Crippen LogP contribution is -2.36. The first kappa shape index (κ1) is 35.2. The molecule has 4 atom stereocenters. The summed E-state index contributed by atoms with van der Waals surface area (Å²) in [5.41, 5.74) is 1.06. The molecule has 2 aliphatic heterocycles. The molecule has 13 heteroatoms. The van der Waals surface area contributed by atoms with Crippen LogP contribution < -0.4 is 14.4 Å². The highest BCUT2D eigenvalue weighted by atomic mass is 17.1. The number of hydrogen-bond donors (Lipinski definition) is 2. The van der Waals surface area contributed by atoms with E-state index in [0.717, 1.165) is 21.5 Å². The smallest absolute Gasteiger partial charge is 0.343 e. The van der Waals surface area contributed by atoms with E-state index in [1.54, 1.807) is 66.7 Å². The summed E-state index contributed by atoms with van der Waals surface area (Å²) in [6, 6.07) is 31.5. The molecule has 0 bridgehead atoms. The van der Waals surface area contributed by atoms with Gasteiger partial charge in [-0.25, -0.2) is 24.4 Å². The molecule has 2 unspecified atom stereocenters. The molecule has 55 heavy (non-hydrogen) atoms. The molecule has 6 aromatic rings. The Morgan fingerprint density at radius 3 is 1.36 bits per heavy atom. The molecule has 0 amide bonds. The summed E-state index contributed by atoms with van der Waals surface area (Å²) in [7, 11) is 0. The number of hydrogen-bond acceptors (Lipinski definition) is 13. The van der Waals surface area contributed by atoms with Crippen molar-refractivity contribution < 1.29 is 62.9 Å². The van der Waals surface area contributed by atoms with Crippen molar-refractivity contribution in [3.05, 3.63) is 144 Å². The molecule has 6 aromatic carbocycles. The number of esters is 4. The highest BCUT2D eigenvalue weighted by Gasteiger charge is 2.51. The van der Waals surface area contributed by atoms with Crippen LogP contribution in [0, 0.1) is 0 Å². The second kappa shape index (κ2) is 14.9. The molecule has 2 aliphatic rings.